The van der Waals surface area contributed by atoms with Crippen LogP contribution in [0.25, 0.3) is 0 Å². The third kappa shape index (κ3) is 4.03. The maximum Gasteiger partial charge on any atom is 0.414 e. The van der Waals surface area contributed by atoms with Crippen LogP contribution >= 0.6 is 0 Å². The predicted octanol–water partition coefficient (Wildman–Crippen LogP) is 2.85. The Kier molecular flexibility index (Phi) is 4.72. The highest BCUT2D eigenvalue weighted by atomic mass is 19.4. The Morgan fingerprint density at radius 3 is 2.61 bits per heavy atom. The molecule has 0 aliphatic heterocycles. The van der Waals surface area contributed by atoms with Crippen molar-refractivity contribution in [2.75, 3.05) is 13.7 Å². The second-order valence-electron chi connectivity index (χ2n) is 3.65. The van der Waals surface area contributed by atoms with Gasteiger partial charge in [-0.15, -0.1) is 0 Å². The fourth-order valence-corrected chi connectivity index (χ4v) is 1.18. The number of Topliss-reactive ketones (excluding diaryl/α,β-unsaturated/α-hetero) is 1. The molecule has 18 heavy (non-hydrogen) atoms. The molecule has 0 N–H and O–H groups in total. The van der Waals surface area contributed by atoms with E-state index < -0.39 is 24.7 Å². The van der Waals surface area contributed by atoms with Crippen molar-refractivity contribution < 1.29 is 27.4 Å². The largest absolute Gasteiger partial charge is 0.497 e. The van der Waals surface area contributed by atoms with Gasteiger partial charge in [-0.1, -0.05) is 12.1 Å². The van der Waals surface area contributed by atoms with Gasteiger partial charge in [-0.2, -0.15) is 13.2 Å². The Morgan fingerprint density at radius 2 is 2.06 bits per heavy atom. The monoisotopic (exact) mass is 262 g/mol. The fraction of sp³-hybridized carbons (Fsp3) is 0.417. The summed E-state index contributed by atoms with van der Waals surface area (Å²) in [5.74, 6) is -0.0604. The van der Waals surface area contributed by atoms with Crippen molar-refractivity contribution in [2.24, 2.45) is 0 Å². The Labute approximate surface area is 103 Å². The van der Waals surface area contributed by atoms with Crippen molar-refractivity contribution in [1.82, 2.24) is 0 Å². The van der Waals surface area contributed by atoms with E-state index in [2.05, 4.69) is 4.74 Å². The number of alkyl halides is 3. The summed E-state index contributed by atoms with van der Waals surface area (Å²) in [5, 5.41) is 0. The summed E-state index contributed by atoms with van der Waals surface area (Å²) >= 11 is 0. The number of benzene rings is 1. The molecule has 0 saturated carbocycles. The first-order valence-electron chi connectivity index (χ1n) is 5.20. The quantitative estimate of drug-likeness (QED) is 0.765. The molecule has 0 aliphatic carbocycles. The van der Waals surface area contributed by atoms with E-state index in [0.29, 0.717) is 5.75 Å². The highest BCUT2D eigenvalue weighted by Gasteiger charge is 2.37. The molecule has 0 bridgehead atoms. The van der Waals surface area contributed by atoms with Crippen LogP contribution in [0.4, 0.5) is 13.2 Å². The maximum absolute atomic E-state index is 12.2. The van der Waals surface area contributed by atoms with Gasteiger partial charge in [-0.3, -0.25) is 4.79 Å². The van der Waals surface area contributed by atoms with Crippen LogP contribution < -0.4 is 4.74 Å². The van der Waals surface area contributed by atoms with Crippen molar-refractivity contribution >= 4 is 5.78 Å². The molecule has 0 fully saturated rings. The molecule has 0 saturated heterocycles. The number of hydrogen-bond acceptors (Lipinski definition) is 3. The van der Waals surface area contributed by atoms with Gasteiger partial charge >= 0.3 is 6.18 Å². The molecule has 100 valence electrons. The average molecular weight is 262 g/mol. The first kappa shape index (κ1) is 14.5. The molecule has 0 aliphatic rings. The lowest BCUT2D eigenvalue weighted by atomic mass is 10.1. The molecule has 0 aromatic heterocycles. The second kappa shape index (κ2) is 5.86. The summed E-state index contributed by atoms with van der Waals surface area (Å²) in [6.07, 6.45) is -6.43. The van der Waals surface area contributed by atoms with Gasteiger partial charge in [-0.05, 0) is 19.1 Å². The van der Waals surface area contributed by atoms with Crippen LogP contribution in [0.3, 0.4) is 0 Å². The van der Waals surface area contributed by atoms with Gasteiger partial charge in [0.25, 0.3) is 0 Å². The first-order chi connectivity index (χ1) is 8.34. The van der Waals surface area contributed by atoms with Crippen molar-refractivity contribution in [2.45, 2.75) is 19.2 Å². The molecule has 0 amide bonds. The summed E-state index contributed by atoms with van der Waals surface area (Å²) < 4.78 is 45.9. The minimum Gasteiger partial charge on any atom is -0.497 e. The topological polar surface area (TPSA) is 35.5 Å². The lowest BCUT2D eigenvalue weighted by Crippen LogP contribution is -2.30. The molecule has 1 atom stereocenters. The zero-order chi connectivity index (χ0) is 13.8. The number of halogens is 3. The SMILES string of the molecule is COc1cccc(C(=O)COC(C)C(F)(F)F)c1. The van der Waals surface area contributed by atoms with E-state index in [1.807, 2.05) is 0 Å². The van der Waals surface area contributed by atoms with Gasteiger partial charge in [0, 0.05) is 5.56 Å². The van der Waals surface area contributed by atoms with Gasteiger partial charge in [0.05, 0.1) is 7.11 Å². The average Bonchev–Trinajstić information content (AvgIpc) is 2.34. The molecule has 6 heteroatoms. The molecule has 0 heterocycles. The molecule has 1 rings (SSSR count). The van der Waals surface area contributed by atoms with Crippen molar-refractivity contribution in [1.29, 1.82) is 0 Å². The van der Waals surface area contributed by atoms with Gasteiger partial charge in [-0.25, -0.2) is 0 Å². The Morgan fingerprint density at radius 1 is 1.39 bits per heavy atom. The number of rotatable bonds is 5. The lowest BCUT2D eigenvalue weighted by molar-refractivity contribution is -0.210. The highest BCUT2D eigenvalue weighted by Crippen LogP contribution is 2.22. The van der Waals surface area contributed by atoms with Crippen molar-refractivity contribution in [3.8, 4) is 5.75 Å². The van der Waals surface area contributed by atoms with Gasteiger partial charge < -0.3 is 9.47 Å². The Balaban J connectivity index is 2.60. The Hall–Kier alpha value is -1.56. The molecular formula is C12H13F3O3. The minimum absolute atomic E-state index is 0.253. The van der Waals surface area contributed by atoms with E-state index >= 15 is 0 Å². The molecule has 1 aromatic carbocycles. The van der Waals surface area contributed by atoms with E-state index in [9.17, 15) is 18.0 Å². The summed E-state index contributed by atoms with van der Waals surface area (Å²) in [7, 11) is 1.44. The van der Waals surface area contributed by atoms with Crippen LogP contribution in [0.5, 0.6) is 5.75 Å². The molecular weight excluding hydrogens is 249 g/mol. The van der Waals surface area contributed by atoms with Crippen LogP contribution in [0.15, 0.2) is 24.3 Å². The zero-order valence-electron chi connectivity index (χ0n) is 9.95. The van der Waals surface area contributed by atoms with Crippen LogP contribution in [0.1, 0.15) is 17.3 Å². The predicted molar refractivity (Wildman–Crippen MR) is 58.8 cm³/mol. The van der Waals surface area contributed by atoms with Crippen LogP contribution in [-0.2, 0) is 4.74 Å². The number of carbonyl (C=O) groups excluding carboxylic acids is 1. The van der Waals surface area contributed by atoms with Crippen LogP contribution in [0, 0.1) is 0 Å². The number of hydrogen-bond donors (Lipinski definition) is 0. The van der Waals surface area contributed by atoms with Gasteiger partial charge in [0.15, 0.2) is 11.9 Å². The molecule has 3 nitrogen and oxygen atoms in total. The van der Waals surface area contributed by atoms with E-state index in [0.717, 1.165) is 6.92 Å². The van der Waals surface area contributed by atoms with E-state index in [-0.39, 0.29) is 5.56 Å². The number of ether oxygens (including phenoxy) is 2. The first-order valence-corrected chi connectivity index (χ1v) is 5.20. The van der Waals surface area contributed by atoms with Gasteiger partial charge in [0.1, 0.15) is 12.4 Å². The minimum atomic E-state index is -4.46. The zero-order valence-corrected chi connectivity index (χ0v) is 9.95. The molecule has 1 aromatic rings. The summed E-state index contributed by atoms with van der Waals surface area (Å²) in [6.45, 7) is 0.243. The fourth-order valence-electron chi connectivity index (χ4n) is 1.18. The Bertz CT molecular complexity index is 415. The lowest BCUT2D eigenvalue weighted by Gasteiger charge is -2.15. The van der Waals surface area contributed by atoms with Gasteiger partial charge in [0.2, 0.25) is 0 Å². The summed E-state index contributed by atoms with van der Waals surface area (Å²) in [6, 6.07) is 6.16. The molecule has 0 radical (unpaired) electrons. The van der Waals surface area contributed by atoms with Crippen molar-refractivity contribution in [3.05, 3.63) is 29.8 Å². The normalized spacial score (nSPS) is 13.2. The van der Waals surface area contributed by atoms with E-state index in [4.69, 9.17) is 4.74 Å². The van der Waals surface area contributed by atoms with Crippen molar-refractivity contribution in [3.63, 3.8) is 0 Å². The summed E-state index contributed by atoms with van der Waals surface area (Å²) in [5.41, 5.74) is 0.253. The molecule has 0 spiro atoms. The standard InChI is InChI=1S/C12H13F3O3/c1-8(12(13,14)15)18-7-11(16)9-4-3-5-10(6-9)17-2/h3-6,8H,7H2,1-2H3. The number of carbonyl (C=O) groups is 1. The summed E-state index contributed by atoms with van der Waals surface area (Å²) in [4.78, 5) is 11.6. The third-order valence-electron chi connectivity index (χ3n) is 2.32. The third-order valence-corrected chi connectivity index (χ3v) is 2.32. The smallest absolute Gasteiger partial charge is 0.414 e. The van der Waals surface area contributed by atoms with E-state index in [1.54, 1.807) is 12.1 Å². The molecule has 1 unspecified atom stereocenters. The van der Waals surface area contributed by atoms with E-state index in [1.165, 1.54) is 19.2 Å². The second-order valence-corrected chi connectivity index (χ2v) is 3.65. The number of ketones is 1. The van der Waals surface area contributed by atoms with Crippen LogP contribution in [0.2, 0.25) is 0 Å². The number of methoxy groups -OCH3 is 1. The highest BCUT2D eigenvalue weighted by molar-refractivity contribution is 5.97. The maximum atomic E-state index is 12.2. The van der Waals surface area contributed by atoms with Crippen LogP contribution in [-0.4, -0.2) is 31.8 Å².